The molecule has 9 heteroatoms. The van der Waals surface area contributed by atoms with Crippen LogP contribution in [0.3, 0.4) is 0 Å². The van der Waals surface area contributed by atoms with Crippen molar-refractivity contribution in [2.75, 3.05) is 20.2 Å². The fraction of sp³-hybridized carbons (Fsp3) is 0.533. The second-order valence-electron chi connectivity index (χ2n) is 5.90. The van der Waals surface area contributed by atoms with Crippen LogP contribution in [0.5, 0.6) is 0 Å². The molecule has 1 aliphatic heterocycles. The number of hydrogen-bond donors (Lipinski definition) is 0. The second kappa shape index (κ2) is 6.91. The number of aryl methyl sites for hydroxylation is 1. The van der Waals surface area contributed by atoms with Gasteiger partial charge in [0, 0.05) is 32.0 Å². The molecule has 3 rings (SSSR count). The third-order valence-electron chi connectivity index (χ3n) is 4.06. The second-order valence-corrected chi connectivity index (χ2v) is 5.90. The average molecular weight is 332 g/mol. The maximum Gasteiger partial charge on any atom is 0.253 e. The Morgan fingerprint density at radius 1 is 1.46 bits per heavy atom. The molecule has 0 aliphatic carbocycles. The zero-order valence-corrected chi connectivity index (χ0v) is 13.8. The first-order valence-corrected chi connectivity index (χ1v) is 7.77. The third-order valence-corrected chi connectivity index (χ3v) is 4.06. The number of ether oxygens (including phenoxy) is 1. The van der Waals surface area contributed by atoms with Gasteiger partial charge in [0.05, 0.1) is 25.2 Å². The zero-order chi connectivity index (χ0) is 17.1. The van der Waals surface area contributed by atoms with Gasteiger partial charge in [0.25, 0.3) is 5.56 Å². The summed E-state index contributed by atoms with van der Waals surface area (Å²) in [5.74, 6) is -0.0949. The highest BCUT2D eigenvalue weighted by Gasteiger charge is 2.28. The van der Waals surface area contributed by atoms with Gasteiger partial charge in [-0.05, 0) is 13.3 Å². The van der Waals surface area contributed by atoms with Crippen LogP contribution in [0.1, 0.15) is 23.9 Å². The number of carbonyl (C=O) groups excluding carboxylic acids is 1. The number of carbonyl (C=O) groups is 1. The quantitative estimate of drug-likeness (QED) is 0.750. The third kappa shape index (κ3) is 3.51. The van der Waals surface area contributed by atoms with E-state index in [-0.39, 0.29) is 24.1 Å². The normalized spacial score (nSPS) is 17.4. The Bertz CT molecular complexity index is 784. The summed E-state index contributed by atoms with van der Waals surface area (Å²) in [7, 11) is 1.61. The molecule has 24 heavy (non-hydrogen) atoms. The van der Waals surface area contributed by atoms with Gasteiger partial charge in [-0.1, -0.05) is 5.21 Å². The van der Waals surface area contributed by atoms with Gasteiger partial charge in [0.15, 0.2) is 0 Å². The van der Waals surface area contributed by atoms with Crippen LogP contribution in [-0.2, 0) is 22.7 Å². The van der Waals surface area contributed by atoms with Crippen LogP contribution in [0, 0.1) is 6.92 Å². The van der Waals surface area contributed by atoms with Crippen LogP contribution in [0.15, 0.2) is 23.4 Å². The summed E-state index contributed by atoms with van der Waals surface area (Å²) < 4.78 is 8.14. The smallest absolute Gasteiger partial charge is 0.253 e. The van der Waals surface area contributed by atoms with Crippen LogP contribution in [0.25, 0.3) is 0 Å². The number of hydrogen-bond acceptors (Lipinski definition) is 6. The minimum atomic E-state index is -0.216. The molecule has 1 aliphatic rings. The maximum absolute atomic E-state index is 12.4. The monoisotopic (exact) mass is 332 g/mol. The molecular formula is C15H20N6O3. The molecule has 0 unspecified atom stereocenters. The first-order valence-electron chi connectivity index (χ1n) is 7.77. The van der Waals surface area contributed by atoms with Crippen molar-refractivity contribution < 1.29 is 9.53 Å². The zero-order valence-electron chi connectivity index (χ0n) is 13.8. The van der Waals surface area contributed by atoms with Crippen molar-refractivity contribution in [1.82, 2.24) is 29.4 Å². The molecule has 9 nitrogen and oxygen atoms in total. The summed E-state index contributed by atoms with van der Waals surface area (Å²) in [5.41, 5.74) is 1.19. The van der Waals surface area contributed by atoms with Gasteiger partial charge in [0.1, 0.15) is 12.2 Å². The predicted molar refractivity (Wildman–Crippen MR) is 84.2 cm³/mol. The van der Waals surface area contributed by atoms with Gasteiger partial charge in [-0.15, -0.1) is 5.10 Å². The summed E-state index contributed by atoms with van der Waals surface area (Å²) in [6.45, 7) is 3.36. The van der Waals surface area contributed by atoms with Crippen LogP contribution >= 0.6 is 0 Å². The van der Waals surface area contributed by atoms with E-state index in [0.717, 1.165) is 12.1 Å². The van der Waals surface area contributed by atoms with Crippen molar-refractivity contribution in [3.05, 3.63) is 40.3 Å². The van der Waals surface area contributed by atoms with Gasteiger partial charge < -0.3 is 9.64 Å². The molecule has 1 amide bonds. The fourth-order valence-electron chi connectivity index (χ4n) is 2.77. The lowest BCUT2D eigenvalue weighted by atomic mass is 10.3. The molecule has 128 valence electrons. The van der Waals surface area contributed by atoms with Crippen LogP contribution < -0.4 is 5.56 Å². The number of aromatic nitrogens is 5. The SMILES string of the molecule is COCc1cn([C@H]2CCN(C(=O)Cn3cnc(C)cc3=O)C2)nn1. The molecule has 2 aromatic heterocycles. The lowest BCUT2D eigenvalue weighted by Crippen LogP contribution is -2.35. The largest absolute Gasteiger partial charge is 0.378 e. The van der Waals surface area contributed by atoms with Crippen molar-refractivity contribution >= 4 is 5.91 Å². The van der Waals surface area contributed by atoms with Gasteiger partial charge >= 0.3 is 0 Å². The van der Waals surface area contributed by atoms with Crippen molar-refractivity contribution in [3.63, 3.8) is 0 Å². The molecule has 1 fully saturated rings. The Morgan fingerprint density at radius 3 is 3.04 bits per heavy atom. The molecule has 1 saturated heterocycles. The summed E-state index contributed by atoms with van der Waals surface area (Å²) in [4.78, 5) is 30.1. The highest BCUT2D eigenvalue weighted by Crippen LogP contribution is 2.21. The topological polar surface area (TPSA) is 95.1 Å². The Balaban J connectivity index is 1.62. The molecule has 2 aromatic rings. The van der Waals surface area contributed by atoms with Crippen molar-refractivity contribution in [2.24, 2.45) is 0 Å². The van der Waals surface area contributed by atoms with Crippen LogP contribution in [0.2, 0.25) is 0 Å². The van der Waals surface area contributed by atoms with E-state index >= 15 is 0 Å². The Labute approximate surface area is 138 Å². The summed E-state index contributed by atoms with van der Waals surface area (Å²) in [6, 6.07) is 1.52. The van der Waals surface area contributed by atoms with Gasteiger partial charge in [0.2, 0.25) is 5.91 Å². The number of likely N-dealkylation sites (tertiary alicyclic amines) is 1. The lowest BCUT2D eigenvalue weighted by Gasteiger charge is -2.17. The van der Waals surface area contributed by atoms with Gasteiger partial charge in [-0.25, -0.2) is 9.67 Å². The first kappa shape index (κ1) is 16.3. The van der Waals surface area contributed by atoms with Gasteiger partial charge in [-0.3, -0.25) is 14.2 Å². The molecular weight excluding hydrogens is 312 g/mol. The molecule has 0 bridgehead atoms. The van der Waals surface area contributed by atoms with E-state index in [0.29, 0.717) is 25.4 Å². The number of amides is 1. The molecule has 0 radical (unpaired) electrons. The van der Waals surface area contributed by atoms with Crippen molar-refractivity contribution in [3.8, 4) is 0 Å². The van der Waals surface area contributed by atoms with Crippen molar-refractivity contribution in [2.45, 2.75) is 32.5 Å². The maximum atomic E-state index is 12.4. The number of rotatable bonds is 5. The minimum absolute atomic E-state index is 0.00507. The highest BCUT2D eigenvalue weighted by atomic mass is 16.5. The van der Waals surface area contributed by atoms with E-state index in [9.17, 15) is 9.59 Å². The number of methoxy groups -OCH3 is 1. The van der Waals surface area contributed by atoms with Gasteiger partial charge in [-0.2, -0.15) is 0 Å². The van der Waals surface area contributed by atoms with E-state index < -0.39 is 0 Å². The first-order chi connectivity index (χ1) is 11.6. The Morgan fingerprint density at radius 2 is 2.29 bits per heavy atom. The Kier molecular flexibility index (Phi) is 4.70. The standard InChI is InChI=1S/C15H20N6O3/c1-11-5-14(22)20(10-16-11)8-15(23)19-4-3-13(7-19)21-6-12(9-24-2)17-18-21/h5-6,10,13H,3-4,7-9H2,1-2H3/t13-/m0/s1. The fourth-order valence-corrected chi connectivity index (χ4v) is 2.77. The van der Waals surface area contributed by atoms with E-state index in [1.165, 1.54) is 17.0 Å². The molecule has 1 atom stereocenters. The molecule has 0 saturated carbocycles. The summed E-state index contributed by atoms with van der Waals surface area (Å²) >= 11 is 0. The lowest BCUT2D eigenvalue weighted by molar-refractivity contribution is -0.130. The van der Waals surface area contributed by atoms with Crippen LogP contribution in [0.4, 0.5) is 0 Å². The molecule has 0 spiro atoms. The van der Waals surface area contributed by atoms with E-state index in [1.54, 1.807) is 23.6 Å². The van der Waals surface area contributed by atoms with Crippen molar-refractivity contribution in [1.29, 1.82) is 0 Å². The molecule has 0 N–H and O–H groups in total. The van der Waals surface area contributed by atoms with E-state index in [1.807, 2.05) is 6.20 Å². The average Bonchev–Trinajstić information content (AvgIpc) is 3.19. The number of nitrogens with zero attached hydrogens (tertiary/aromatic N) is 6. The summed E-state index contributed by atoms with van der Waals surface area (Å²) in [5, 5.41) is 8.14. The molecule has 0 aromatic carbocycles. The summed E-state index contributed by atoms with van der Waals surface area (Å²) in [6.07, 6.45) is 4.07. The van der Waals surface area contributed by atoms with E-state index in [4.69, 9.17) is 4.74 Å². The Hall–Kier alpha value is -2.55. The highest BCUT2D eigenvalue weighted by molar-refractivity contribution is 5.76. The predicted octanol–water partition coefficient (Wildman–Crippen LogP) is -0.237. The molecule has 3 heterocycles. The van der Waals surface area contributed by atoms with E-state index in [2.05, 4.69) is 15.3 Å². The minimum Gasteiger partial charge on any atom is -0.378 e. The van der Waals surface area contributed by atoms with Crippen LogP contribution in [-0.4, -0.2) is 55.6 Å².